The van der Waals surface area contributed by atoms with Crippen LogP contribution in [0.4, 0.5) is 0 Å². The molecule has 1 N–H and O–H groups in total. The average molecular weight is 582 g/mol. The zero-order valence-corrected chi connectivity index (χ0v) is 25.4. The highest BCUT2D eigenvalue weighted by Crippen LogP contribution is 2.34. The van der Waals surface area contributed by atoms with Gasteiger partial charge in [-0.05, 0) is 98.0 Å². The van der Waals surface area contributed by atoms with E-state index in [-0.39, 0.29) is 5.88 Å². The highest BCUT2D eigenvalue weighted by molar-refractivity contribution is 6.02. The Morgan fingerprint density at radius 3 is 1.47 bits per heavy atom. The average Bonchev–Trinajstić information content (AvgIpc) is 3.11. The van der Waals surface area contributed by atoms with Crippen LogP contribution in [0.5, 0.6) is 0 Å². The van der Waals surface area contributed by atoms with Crippen molar-refractivity contribution in [2.24, 2.45) is 4.99 Å². The third kappa shape index (κ3) is 7.09. The van der Waals surface area contributed by atoms with Crippen LogP contribution in [0.2, 0.25) is 0 Å². The quantitative estimate of drug-likeness (QED) is 0.103. The monoisotopic (exact) mass is 581 g/mol. The number of benzene rings is 6. The Hall–Kier alpha value is -5.73. The van der Waals surface area contributed by atoms with Gasteiger partial charge in [-0.3, -0.25) is 0 Å². The van der Waals surface area contributed by atoms with Crippen LogP contribution in [0.3, 0.4) is 0 Å². The van der Waals surface area contributed by atoms with Crippen molar-refractivity contribution < 1.29 is 5.11 Å². The van der Waals surface area contributed by atoms with Gasteiger partial charge in [-0.25, -0.2) is 4.99 Å². The molecule has 0 bridgehead atoms. The van der Waals surface area contributed by atoms with E-state index in [1.54, 1.807) is 6.08 Å². The Balaban J connectivity index is 1.34. The molecule has 0 aliphatic carbocycles. The van der Waals surface area contributed by atoms with E-state index in [9.17, 15) is 5.11 Å². The molecule has 0 aliphatic heterocycles. The van der Waals surface area contributed by atoms with Crippen molar-refractivity contribution in [3.05, 3.63) is 187 Å². The smallest absolute Gasteiger partial charge is 0.211 e. The third-order valence-corrected chi connectivity index (χ3v) is 7.90. The summed E-state index contributed by atoms with van der Waals surface area (Å²) in [5.74, 6) is -0.0550. The fraction of sp³-hybridized carbons (Fsp3) is 0.0465. The first-order chi connectivity index (χ1) is 22.1. The second-order valence-electron chi connectivity index (χ2n) is 11.0. The first kappa shape index (κ1) is 29.3. The molecule has 45 heavy (non-hydrogen) atoms. The molecule has 2 nitrogen and oxygen atoms in total. The summed E-state index contributed by atoms with van der Waals surface area (Å²) in [6, 6.07) is 54.8. The number of hydrogen-bond acceptors (Lipinski definition) is 2. The summed E-state index contributed by atoms with van der Waals surface area (Å²) in [7, 11) is 0. The van der Waals surface area contributed by atoms with Gasteiger partial charge >= 0.3 is 0 Å². The largest absolute Gasteiger partial charge is 0.493 e. The van der Waals surface area contributed by atoms with Gasteiger partial charge in [-0.2, -0.15) is 0 Å². The van der Waals surface area contributed by atoms with Gasteiger partial charge in [0.15, 0.2) is 0 Å². The fourth-order valence-corrected chi connectivity index (χ4v) is 5.56. The standard InChI is InChI=1S/C43H35NO/c1-3-42(44-43(45)25-31(2)32-15-7-4-8-16-32)38-24-14-22-36(27-38)35-21-13-23-37(26-35)41-29-39(33-17-9-5-10-18-33)28-40(30-41)34-19-11-6-12-20-34/h4-30,45H,2-3H2,1H3/b43-25+,44-42?. The van der Waals surface area contributed by atoms with Crippen molar-refractivity contribution in [3.63, 3.8) is 0 Å². The van der Waals surface area contributed by atoms with E-state index in [1.165, 1.54) is 22.3 Å². The van der Waals surface area contributed by atoms with E-state index in [2.05, 4.69) is 140 Å². The lowest BCUT2D eigenvalue weighted by atomic mass is 9.92. The minimum atomic E-state index is -0.0550. The maximum Gasteiger partial charge on any atom is 0.211 e. The predicted octanol–water partition coefficient (Wildman–Crippen LogP) is 11.7. The Morgan fingerprint density at radius 1 is 0.511 bits per heavy atom. The lowest BCUT2D eigenvalue weighted by molar-refractivity contribution is 0.407. The molecule has 0 amide bonds. The van der Waals surface area contributed by atoms with Crippen LogP contribution in [0.15, 0.2) is 181 Å². The summed E-state index contributed by atoms with van der Waals surface area (Å²) in [4.78, 5) is 4.58. The van der Waals surface area contributed by atoms with Crippen molar-refractivity contribution in [2.45, 2.75) is 13.3 Å². The lowest BCUT2D eigenvalue weighted by Crippen LogP contribution is -2.00. The topological polar surface area (TPSA) is 32.6 Å². The zero-order chi connectivity index (χ0) is 31.0. The number of rotatable bonds is 9. The number of allylic oxidation sites excluding steroid dienone is 2. The molecule has 0 saturated carbocycles. The first-order valence-electron chi connectivity index (χ1n) is 15.3. The molecule has 0 fully saturated rings. The molecule has 0 atom stereocenters. The van der Waals surface area contributed by atoms with Crippen LogP contribution in [-0.4, -0.2) is 10.8 Å². The van der Waals surface area contributed by atoms with Crippen molar-refractivity contribution in [3.8, 4) is 44.5 Å². The van der Waals surface area contributed by atoms with Gasteiger partial charge in [0, 0.05) is 6.08 Å². The molecule has 0 unspecified atom stereocenters. The van der Waals surface area contributed by atoms with Gasteiger partial charge in [-0.1, -0.05) is 141 Å². The van der Waals surface area contributed by atoms with Crippen molar-refractivity contribution >= 4 is 11.3 Å². The van der Waals surface area contributed by atoms with Gasteiger partial charge in [0.1, 0.15) is 0 Å². The van der Waals surface area contributed by atoms with Crippen LogP contribution in [0.25, 0.3) is 50.1 Å². The Morgan fingerprint density at radius 2 is 0.911 bits per heavy atom. The molecule has 0 aliphatic rings. The summed E-state index contributed by atoms with van der Waals surface area (Å²) >= 11 is 0. The van der Waals surface area contributed by atoms with Crippen molar-refractivity contribution in [1.29, 1.82) is 0 Å². The van der Waals surface area contributed by atoms with E-state index in [0.29, 0.717) is 12.0 Å². The molecular weight excluding hydrogens is 546 g/mol. The van der Waals surface area contributed by atoms with E-state index in [0.717, 1.165) is 39.1 Å². The number of aliphatic hydroxyl groups is 1. The molecule has 2 heteroatoms. The van der Waals surface area contributed by atoms with Crippen molar-refractivity contribution in [1.82, 2.24) is 0 Å². The van der Waals surface area contributed by atoms with Crippen LogP contribution in [-0.2, 0) is 0 Å². The van der Waals surface area contributed by atoms with Gasteiger partial charge < -0.3 is 5.11 Å². The summed E-state index contributed by atoms with van der Waals surface area (Å²) in [6.07, 6.45) is 2.29. The number of aliphatic hydroxyl groups excluding tert-OH is 1. The second-order valence-corrected chi connectivity index (χ2v) is 11.0. The van der Waals surface area contributed by atoms with Gasteiger partial charge in [0.25, 0.3) is 0 Å². The maximum absolute atomic E-state index is 10.7. The molecule has 6 aromatic rings. The van der Waals surface area contributed by atoms with Gasteiger partial charge in [0.2, 0.25) is 5.88 Å². The van der Waals surface area contributed by atoms with Crippen LogP contribution in [0, 0.1) is 0 Å². The molecule has 0 spiro atoms. The number of nitrogens with zero attached hydrogens (tertiary/aromatic N) is 1. The van der Waals surface area contributed by atoms with E-state index >= 15 is 0 Å². The molecule has 6 rings (SSSR count). The molecule has 0 heterocycles. The molecular formula is C43H35NO. The number of aliphatic imine (C=N–C) groups is 1. The molecule has 0 saturated heterocycles. The van der Waals surface area contributed by atoms with E-state index in [4.69, 9.17) is 0 Å². The molecule has 6 aromatic carbocycles. The maximum atomic E-state index is 10.7. The lowest BCUT2D eigenvalue weighted by Gasteiger charge is -2.13. The van der Waals surface area contributed by atoms with Crippen LogP contribution >= 0.6 is 0 Å². The first-order valence-corrected chi connectivity index (χ1v) is 15.3. The minimum absolute atomic E-state index is 0.0550. The second kappa shape index (κ2) is 13.7. The summed E-state index contributed by atoms with van der Waals surface area (Å²) in [5, 5.41) is 10.7. The molecule has 218 valence electrons. The highest BCUT2D eigenvalue weighted by atomic mass is 16.3. The summed E-state index contributed by atoms with van der Waals surface area (Å²) < 4.78 is 0. The van der Waals surface area contributed by atoms with Crippen molar-refractivity contribution in [2.75, 3.05) is 0 Å². The van der Waals surface area contributed by atoms with Crippen LogP contribution < -0.4 is 0 Å². The van der Waals surface area contributed by atoms with Gasteiger partial charge in [-0.15, -0.1) is 0 Å². The van der Waals surface area contributed by atoms with E-state index in [1.807, 2.05) is 36.4 Å². The Bertz CT molecular complexity index is 1930. The predicted molar refractivity (Wildman–Crippen MR) is 191 cm³/mol. The summed E-state index contributed by atoms with van der Waals surface area (Å²) in [5.41, 5.74) is 12.7. The Labute approximate surface area is 266 Å². The van der Waals surface area contributed by atoms with Crippen LogP contribution in [0.1, 0.15) is 24.5 Å². The molecule has 0 aromatic heterocycles. The van der Waals surface area contributed by atoms with Gasteiger partial charge in [0.05, 0.1) is 5.71 Å². The summed E-state index contributed by atoms with van der Waals surface area (Å²) in [6.45, 7) is 6.15. The number of hydrogen-bond donors (Lipinski definition) is 1. The minimum Gasteiger partial charge on any atom is -0.493 e. The molecule has 0 radical (unpaired) electrons. The normalized spacial score (nSPS) is 11.8. The Kier molecular flexibility index (Phi) is 8.94. The fourth-order valence-electron chi connectivity index (χ4n) is 5.56. The highest BCUT2D eigenvalue weighted by Gasteiger charge is 2.10. The SMILES string of the molecule is C=C(/C=C(/O)N=C(CC)c1cccc(-c2cccc(-c3cc(-c4ccccc4)cc(-c4ccccc4)c3)c2)c1)c1ccccc1. The van der Waals surface area contributed by atoms with E-state index < -0.39 is 0 Å². The third-order valence-electron chi connectivity index (χ3n) is 7.90. The zero-order valence-electron chi connectivity index (χ0n) is 25.4.